The van der Waals surface area contributed by atoms with Gasteiger partial charge in [0.15, 0.2) is 0 Å². The highest BCUT2D eigenvalue weighted by molar-refractivity contribution is 5.76. The Morgan fingerprint density at radius 1 is 1.07 bits per heavy atom. The van der Waals surface area contributed by atoms with Crippen LogP contribution in [0.2, 0.25) is 0 Å². The molecule has 1 saturated heterocycles. The largest absolute Gasteiger partial charge is 0.494 e. The first-order chi connectivity index (χ1) is 13.2. The maximum atomic E-state index is 13.3. The first-order valence-electron chi connectivity index (χ1n) is 9.46. The van der Waals surface area contributed by atoms with Crippen LogP contribution in [0.4, 0.5) is 4.39 Å². The highest BCUT2D eigenvalue weighted by Gasteiger charge is 2.34. The summed E-state index contributed by atoms with van der Waals surface area (Å²) in [6, 6.07) is 16.2. The summed E-state index contributed by atoms with van der Waals surface area (Å²) in [5.74, 6) is 0.582. The number of hydrogen-bond acceptors (Lipinski definition) is 3. The number of hydrogen-bond donors (Lipinski definition) is 1. The number of ether oxygens (including phenoxy) is 2. The normalized spacial score (nSPS) is 15.9. The molecule has 1 amide bonds. The fourth-order valence-electron chi connectivity index (χ4n) is 3.43. The number of nitrogens with one attached hydrogen (secondary N) is 1. The van der Waals surface area contributed by atoms with Crippen LogP contribution in [0.1, 0.15) is 31.2 Å². The molecule has 0 aromatic heterocycles. The van der Waals surface area contributed by atoms with E-state index >= 15 is 0 Å². The van der Waals surface area contributed by atoms with Crippen LogP contribution in [0.5, 0.6) is 5.75 Å². The van der Waals surface area contributed by atoms with Crippen molar-refractivity contribution in [2.75, 3.05) is 26.4 Å². The lowest BCUT2D eigenvalue weighted by Crippen LogP contribution is -2.44. The molecule has 0 aliphatic carbocycles. The predicted molar refractivity (Wildman–Crippen MR) is 102 cm³/mol. The van der Waals surface area contributed by atoms with Crippen LogP contribution >= 0.6 is 0 Å². The lowest BCUT2D eigenvalue weighted by atomic mass is 9.74. The minimum atomic E-state index is -0.247. The minimum Gasteiger partial charge on any atom is -0.494 e. The van der Waals surface area contributed by atoms with Crippen molar-refractivity contribution in [1.29, 1.82) is 0 Å². The van der Waals surface area contributed by atoms with Gasteiger partial charge in [0, 0.05) is 31.6 Å². The van der Waals surface area contributed by atoms with E-state index in [-0.39, 0.29) is 17.1 Å². The van der Waals surface area contributed by atoms with Gasteiger partial charge in [0.25, 0.3) is 0 Å². The third kappa shape index (κ3) is 5.54. The van der Waals surface area contributed by atoms with E-state index in [9.17, 15) is 9.18 Å². The van der Waals surface area contributed by atoms with E-state index in [0.717, 1.165) is 24.2 Å². The number of carbonyl (C=O) groups is 1. The zero-order valence-electron chi connectivity index (χ0n) is 15.5. The molecular formula is C22H26FNO3. The van der Waals surface area contributed by atoms with E-state index in [2.05, 4.69) is 5.32 Å². The van der Waals surface area contributed by atoms with Gasteiger partial charge in [-0.25, -0.2) is 4.39 Å². The number of para-hydroxylation sites is 1. The number of halogens is 1. The molecule has 0 atom stereocenters. The zero-order valence-corrected chi connectivity index (χ0v) is 15.5. The molecule has 0 bridgehead atoms. The summed E-state index contributed by atoms with van der Waals surface area (Å²) in [4.78, 5) is 12.3. The van der Waals surface area contributed by atoms with Gasteiger partial charge >= 0.3 is 0 Å². The van der Waals surface area contributed by atoms with E-state index in [0.29, 0.717) is 39.2 Å². The molecular weight excluding hydrogens is 345 g/mol. The molecule has 2 aromatic rings. The summed E-state index contributed by atoms with van der Waals surface area (Å²) in [5, 5.41) is 3.06. The molecule has 1 aliphatic rings. The fraction of sp³-hybridized carbons (Fsp3) is 0.409. The van der Waals surface area contributed by atoms with Crippen LogP contribution in [0.15, 0.2) is 54.6 Å². The predicted octanol–water partition coefficient (Wildman–Crippen LogP) is 3.85. The number of rotatable bonds is 8. The zero-order chi connectivity index (χ0) is 19.0. The van der Waals surface area contributed by atoms with Crippen molar-refractivity contribution >= 4 is 5.91 Å². The van der Waals surface area contributed by atoms with Crippen molar-refractivity contribution in [2.24, 2.45) is 0 Å². The van der Waals surface area contributed by atoms with Crippen LogP contribution in [-0.2, 0) is 14.9 Å². The summed E-state index contributed by atoms with van der Waals surface area (Å²) < 4.78 is 24.4. The van der Waals surface area contributed by atoms with Gasteiger partial charge in [-0.2, -0.15) is 0 Å². The molecule has 0 spiro atoms. The lowest BCUT2D eigenvalue weighted by molar-refractivity contribution is -0.121. The van der Waals surface area contributed by atoms with Crippen molar-refractivity contribution in [1.82, 2.24) is 5.32 Å². The number of benzene rings is 2. The molecule has 3 rings (SSSR count). The third-order valence-electron chi connectivity index (χ3n) is 5.09. The Kier molecular flexibility index (Phi) is 6.82. The average Bonchev–Trinajstić information content (AvgIpc) is 2.72. The number of carbonyl (C=O) groups excluding carboxylic acids is 1. The average molecular weight is 371 g/mol. The van der Waals surface area contributed by atoms with Gasteiger partial charge in [0.05, 0.1) is 6.61 Å². The molecule has 2 aromatic carbocycles. The summed E-state index contributed by atoms with van der Waals surface area (Å²) in [6.07, 6.45) is 2.71. The summed E-state index contributed by atoms with van der Waals surface area (Å²) in [5.41, 5.74) is 0.863. The van der Waals surface area contributed by atoms with Gasteiger partial charge in [-0.1, -0.05) is 30.3 Å². The summed E-state index contributed by atoms with van der Waals surface area (Å²) >= 11 is 0. The molecule has 0 unspecified atom stereocenters. The molecule has 144 valence electrons. The Morgan fingerprint density at radius 2 is 1.78 bits per heavy atom. The molecule has 0 saturated carbocycles. The highest BCUT2D eigenvalue weighted by Crippen LogP contribution is 2.34. The topological polar surface area (TPSA) is 47.6 Å². The van der Waals surface area contributed by atoms with Crippen LogP contribution in [0.3, 0.4) is 0 Å². The first kappa shape index (κ1) is 19.4. The van der Waals surface area contributed by atoms with Crippen molar-refractivity contribution in [2.45, 2.75) is 31.1 Å². The maximum absolute atomic E-state index is 13.3. The maximum Gasteiger partial charge on any atom is 0.220 e. The molecule has 0 radical (unpaired) electrons. The SMILES string of the molecule is O=C(CCCOc1ccccc1)NCC1(c2ccc(F)cc2)CCOCC1. The molecule has 1 aliphatic heterocycles. The van der Waals surface area contributed by atoms with Crippen LogP contribution in [0.25, 0.3) is 0 Å². The summed E-state index contributed by atoms with van der Waals surface area (Å²) in [6.45, 7) is 2.35. The molecule has 27 heavy (non-hydrogen) atoms. The van der Waals surface area contributed by atoms with Crippen molar-refractivity contribution in [3.8, 4) is 5.75 Å². The first-order valence-corrected chi connectivity index (χ1v) is 9.46. The molecule has 1 heterocycles. The van der Waals surface area contributed by atoms with E-state index in [4.69, 9.17) is 9.47 Å². The van der Waals surface area contributed by atoms with Gasteiger partial charge in [-0.3, -0.25) is 4.79 Å². The Balaban J connectivity index is 1.48. The molecule has 1 N–H and O–H groups in total. The Morgan fingerprint density at radius 3 is 2.48 bits per heavy atom. The van der Waals surface area contributed by atoms with E-state index in [1.54, 1.807) is 0 Å². The van der Waals surface area contributed by atoms with Crippen molar-refractivity contribution < 1.29 is 18.7 Å². The molecule has 5 heteroatoms. The highest BCUT2D eigenvalue weighted by atomic mass is 19.1. The standard InChI is InChI=1S/C22H26FNO3/c23-19-10-8-18(9-11-19)22(12-15-26-16-13-22)17-24-21(25)7-4-14-27-20-5-2-1-3-6-20/h1-3,5-6,8-11H,4,7,12-17H2,(H,24,25). The van der Waals surface area contributed by atoms with Gasteiger partial charge < -0.3 is 14.8 Å². The second-order valence-electron chi connectivity index (χ2n) is 6.94. The summed E-state index contributed by atoms with van der Waals surface area (Å²) in [7, 11) is 0. The van der Waals surface area contributed by atoms with Crippen LogP contribution in [-0.4, -0.2) is 32.3 Å². The fourth-order valence-corrected chi connectivity index (χ4v) is 3.43. The van der Waals surface area contributed by atoms with Gasteiger partial charge in [-0.15, -0.1) is 0 Å². The van der Waals surface area contributed by atoms with Gasteiger partial charge in [-0.05, 0) is 49.1 Å². The smallest absolute Gasteiger partial charge is 0.220 e. The van der Waals surface area contributed by atoms with Crippen molar-refractivity contribution in [3.63, 3.8) is 0 Å². The second-order valence-corrected chi connectivity index (χ2v) is 6.94. The minimum absolute atomic E-state index is 0.0136. The molecule has 1 fully saturated rings. The van der Waals surface area contributed by atoms with Crippen LogP contribution in [0, 0.1) is 5.82 Å². The van der Waals surface area contributed by atoms with E-state index < -0.39 is 0 Å². The Hall–Kier alpha value is -2.40. The van der Waals surface area contributed by atoms with Crippen molar-refractivity contribution in [3.05, 3.63) is 66.0 Å². The Bertz CT molecular complexity index is 712. The lowest BCUT2D eigenvalue weighted by Gasteiger charge is -2.38. The Labute approximate surface area is 159 Å². The van der Waals surface area contributed by atoms with Gasteiger partial charge in [0.1, 0.15) is 11.6 Å². The van der Waals surface area contributed by atoms with E-state index in [1.807, 2.05) is 42.5 Å². The molecule has 4 nitrogen and oxygen atoms in total. The monoisotopic (exact) mass is 371 g/mol. The second kappa shape index (κ2) is 9.51. The van der Waals surface area contributed by atoms with E-state index in [1.165, 1.54) is 12.1 Å². The van der Waals surface area contributed by atoms with Crippen LogP contribution < -0.4 is 10.1 Å². The third-order valence-corrected chi connectivity index (χ3v) is 5.09. The quantitative estimate of drug-likeness (QED) is 0.717. The number of amides is 1. The van der Waals surface area contributed by atoms with Gasteiger partial charge in [0.2, 0.25) is 5.91 Å².